The second kappa shape index (κ2) is 6.98. The Kier molecular flexibility index (Phi) is 5.56. The number of methoxy groups -OCH3 is 1. The predicted molar refractivity (Wildman–Crippen MR) is 85.0 cm³/mol. The van der Waals surface area contributed by atoms with Crippen molar-refractivity contribution in [2.75, 3.05) is 12.8 Å². The van der Waals surface area contributed by atoms with Gasteiger partial charge in [-0.1, -0.05) is 6.07 Å². The first-order valence-corrected chi connectivity index (χ1v) is 6.78. The van der Waals surface area contributed by atoms with E-state index in [0.717, 1.165) is 5.56 Å². The van der Waals surface area contributed by atoms with Gasteiger partial charge >= 0.3 is 12.1 Å². The van der Waals surface area contributed by atoms with Crippen LogP contribution in [0.2, 0.25) is 0 Å². The number of rotatable bonds is 3. The molecule has 0 spiro atoms. The van der Waals surface area contributed by atoms with Crippen molar-refractivity contribution in [3.63, 3.8) is 0 Å². The average Bonchev–Trinajstić information content (AvgIpc) is 2.39. The standard InChI is InChI=1S/C16H22N2O4/c1-10-8-11(6-7-12(10)17)9-13(14(19)21-5)18-15(20)22-16(2,3)4/h6-9H,17H2,1-5H3,(H,18,20)/b13-9+. The van der Waals surface area contributed by atoms with E-state index in [1.165, 1.54) is 13.2 Å². The van der Waals surface area contributed by atoms with Gasteiger partial charge in [-0.05, 0) is 57.0 Å². The summed E-state index contributed by atoms with van der Waals surface area (Å²) in [7, 11) is 1.24. The summed E-state index contributed by atoms with van der Waals surface area (Å²) in [5.41, 5.74) is 7.31. The molecule has 0 aliphatic rings. The maximum absolute atomic E-state index is 11.8. The van der Waals surface area contributed by atoms with E-state index in [1.807, 2.05) is 6.92 Å². The molecule has 1 aromatic carbocycles. The molecule has 0 aliphatic heterocycles. The van der Waals surface area contributed by atoms with Gasteiger partial charge in [0.1, 0.15) is 11.3 Å². The maximum Gasteiger partial charge on any atom is 0.412 e. The fourth-order valence-corrected chi connectivity index (χ4v) is 1.62. The van der Waals surface area contributed by atoms with Crippen molar-refractivity contribution in [3.8, 4) is 0 Å². The van der Waals surface area contributed by atoms with E-state index >= 15 is 0 Å². The van der Waals surface area contributed by atoms with Crippen LogP contribution in [0.3, 0.4) is 0 Å². The number of alkyl carbamates (subject to hydrolysis) is 1. The Hall–Kier alpha value is -2.50. The molecule has 0 bridgehead atoms. The van der Waals surface area contributed by atoms with Crippen molar-refractivity contribution in [1.29, 1.82) is 0 Å². The number of nitrogens with two attached hydrogens (primary N) is 1. The molecule has 0 aliphatic carbocycles. The zero-order valence-corrected chi connectivity index (χ0v) is 13.5. The van der Waals surface area contributed by atoms with Crippen LogP contribution < -0.4 is 11.1 Å². The van der Waals surface area contributed by atoms with Crippen molar-refractivity contribution >= 4 is 23.8 Å². The predicted octanol–water partition coefficient (Wildman–Crippen LogP) is 2.62. The van der Waals surface area contributed by atoms with Crippen LogP contribution >= 0.6 is 0 Å². The molecule has 120 valence electrons. The number of esters is 1. The second-order valence-corrected chi connectivity index (χ2v) is 5.79. The summed E-state index contributed by atoms with van der Waals surface area (Å²) in [4.78, 5) is 23.6. The maximum atomic E-state index is 11.8. The summed E-state index contributed by atoms with van der Waals surface area (Å²) in [5.74, 6) is -0.666. The van der Waals surface area contributed by atoms with Crippen LogP contribution in [0.5, 0.6) is 0 Å². The topological polar surface area (TPSA) is 90.6 Å². The lowest BCUT2D eigenvalue weighted by molar-refractivity contribution is -0.136. The van der Waals surface area contributed by atoms with Crippen molar-refractivity contribution in [1.82, 2.24) is 5.32 Å². The molecule has 0 heterocycles. The number of anilines is 1. The minimum atomic E-state index is -0.726. The molecular formula is C16H22N2O4. The Labute approximate surface area is 130 Å². The molecule has 0 atom stereocenters. The number of benzene rings is 1. The van der Waals surface area contributed by atoms with Gasteiger partial charge in [0, 0.05) is 5.69 Å². The quantitative estimate of drug-likeness (QED) is 0.509. The third-order valence-electron chi connectivity index (χ3n) is 2.65. The van der Waals surface area contributed by atoms with Crippen molar-refractivity contribution in [2.45, 2.75) is 33.3 Å². The highest BCUT2D eigenvalue weighted by Gasteiger charge is 2.20. The van der Waals surface area contributed by atoms with Gasteiger partial charge in [0.25, 0.3) is 0 Å². The fraction of sp³-hybridized carbons (Fsp3) is 0.375. The molecule has 0 radical (unpaired) electrons. The highest BCUT2D eigenvalue weighted by Crippen LogP contribution is 2.15. The Morgan fingerprint density at radius 3 is 2.41 bits per heavy atom. The smallest absolute Gasteiger partial charge is 0.412 e. The van der Waals surface area contributed by atoms with Crippen molar-refractivity contribution < 1.29 is 19.1 Å². The number of aryl methyl sites for hydroxylation is 1. The lowest BCUT2D eigenvalue weighted by Gasteiger charge is -2.20. The van der Waals surface area contributed by atoms with Gasteiger partial charge in [0.05, 0.1) is 7.11 Å². The summed E-state index contributed by atoms with van der Waals surface area (Å²) in [5, 5.41) is 2.40. The second-order valence-electron chi connectivity index (χ2n) is 5.79. The van der Waals surface area contributed by atoms with Crippen LogP contribution in [0.25, 0.3) is 6.08 Å². The molecule has 1 aromatic rings. The van der Waals surface area contributed by atoms with Crippen molar-refractivity contribution in [2.24, 2.45) is 0 Å². The van der Waals surface area contributed by atoms with E-state index < -0.39 is 17.7 Å². The summed E-state index contributed by atoms with van der Waals surface area (Å²) in [6.45, 7) is 7.05. The van der Waals surface area contributed by atoms with E-state index in [0.29, 0.717) is 11.3 Å². The number of hydrogen-bond donors (Lipinski definition) is 2. The number of amides is 1. The molecule has 3 N–H and O–H groups in total. The van der Waals surface area contributed by atoms with Crippen LogP contribution in [0.4, 0.5) is 10.5 Å². The van der Waals surface area contributed by atoms with E-state index in [9.17, 15) is 9.59 Å². The number of nitrogen functional groups attached to an aromatic ring is 1. The van der Waals surface area contributed by atoms with Gasteiger partial charge in [0.15, 0.2) is 0 Å². The number of nitrogens with one attached hydrogen (secondary N) is 1. The number of ether oxygens (including phenoxy) is 2. The van der Waals surface area contributed by atoms with Gasteiger partial charge < -0.3 is 15.2 Å². The lowest BCUT2D eigenvalue weighted by atomic mass is 10.1. The van der Waals surface area contributed by atoms with Gasteiger partial charge in [-0.15, -0.1) is 0 Å². The molecule has 22 heavy (non-hydrogen) atoms. The molecule has 0 saturated carbocycles. The van der Waals surface area contributed by atoms with E-state index in [-0.39, 0.29) is 5.70 Å². The summed E-state index contributed by atoms with van der Waals surface area (Å²) in [6.07, 6.45) is 0.777. The number of hydrogen-bond acceptors (Lipinski definition) is 5. The monoisotopic (exact) mass is 306 g/mol. The number of carbonyl (C=O) groups is 2. The third-order valence-corrected chi connectivity index (χ3v) is 2.65. The molecule has 0 saturated heterocycles. The molecule has 0 unspecified atom stereocenters. The molecular weight excluding hydrogens is 284 g/mol. The number of carbonyl (C=O) groups excluding carboxylic acids is 2. The normalized spacial score (nSPS) is 11.8. The molecule has 0 aromatic heterocycles. The van der Waals surface area contributed by atoms with Crippen LogP contribution in [0, 0.1) is 6.92 Å². The Morgan fingerprint density at radius 1 is 1.27 bits per heavy atom. The first kappa shape index (κ1) is 17.6. The van der Waals surface area contributed by atoms with Crippen LogP contribution in [0.15, 0.2) is 23.9 Å². The minimum absolute atomic E-state index is 0.0130. The zero-order chi connectivity index (χ0) is 16.9. The van der Waals surface area contributed by atoms with Crippen molar-refractivity contribution in [3.05, 3.63) is 35.0 Å². The SMILES string of the molecule is COC(=O)/C(=C\c1ccc(N)c(C)c1)NC(=O)OC(C)(C)C. The Bertz CT molecular complexity index is 601. The zero-order valence-electron chi connectivity index (χ0n) is 13.5. The van der Waals surface area contributed by atoms with E-state index in [2.05, 4.69) is 10.1 Å². The first-order valence-electron chi connectivity index (χ1n) is 6.78. The molecule has 0 fully saturated rings. The fourth-order valence-electron chi connectivity index (χ4n) is 1.62. The summed E-state index contributed by atoms with van der Waals surface area (Å²) < 4.78 is 9.79. The molecule has 6 nitrogen and oxygen atoms in total. The highest BCUT2D eigenvalue weighted by molar-refractivity contribution is 5.96. The third kappa shape index (κ3) is 5.47. The molecule has 1 amide bonds. The van der Waals surface area contributed by atoms with Gasteiger partial charge in [0.2, 0.25) is 0 Å². The lowest BCUT2D eigenvalue weighted by Crippen LogP contribution is -2.34. The van der Waals surface area contributed by atoms with Crippen LogP contribution in [0.1, 0.15) is 31.9 Å². The van der Waals surface area contributed by atoms with E-state index in [4.69, 9.17) is 10.5 Å². The van der Waals surface area contributed by atoms with Crippen LogP contribution in [-0.2, 0) is 14.3 Å². The highest BCUT2D eigenvalue weighted by atomic mass is 16.6. The van der Waals surface area contributed by atoms with Gasteiger partial charge in [-0.2, -0.15) is 0 Å². The molecule has 1 rings (SSSR count). The average molecular weight is 306 g/mol. The van der Waals surface area contributed by atoms with Gasteiger partial charge in [-0.3, -0.25) is 5.32 Å². The van der Waals surface area contributed by atoms with E-state index in [1.54, 1.807) is 39.0 Å². The van der Waals surface area contributed by atoms with Gasteiger partial charge in [-0.25, -0.2) is 9.59 Å². The van der Waals surface area contributed by atoms with Crippen LogP contribution in [-0.4, -0.2) is 24.8 Å². The Balaban J connectivity index is 3.02. The minimum Gasteiger partial charge on any atom is -0.464 e. The Morgan fingerprint density at radius 2 is 1.91 bits per heavy atom. The molecule has 6 heteroatoms. The summed E-state index contributed by atoms with van der Waals surface area (Å²) in [6, 6.07) is 5.26. The summed E-state index contributed by atoms with van der Waals surface area (Å²) >= 11 is 0. The first-order chi connectivity index (χ1) is 10.1. The largest absolute Gasteiger partial charge is 0.464 e.